The number of amides is 1. The summed E-state index contributed by atoms with van der Waals surface area (Å²) in [5.74, 6) is -0.184. The third-order valence-electron chi connectivity index (χ3n) is 3.05. The molecular formula is C16H18N2O2. The fraction of sp³-hybridized carbons (Fsp3) is 0.188. The third kappa shape index (κ3) is 3.59. The summed E-state index contributed by atoms with van der Waals surface area (Å²) in [6.07, 6.45) is 1.54. The van der Waals surface area contributed by atoms with E-state index in [0.717, 1.165) is 18.4 Å². The first-order valence-corrected chi connectivity index (χ1v) is 6.56. The molecule has 2 aromatic carbocycles. The second-order valence-electron chi connectivity index (χ2n) is 4.57. The van der Waals surface area contributed by atoms with E-state index in [-0.39, 0.29) is 12.5 Å². The minimum atomic E-state index is -0.184. The molecule has 0 aliphatic carbocycles. The van der Waals surface area contributed by atoms with E-state index >= 15 is 0 Å². The topological polar surface area (TPSA) is 75.3 Å². The standard InChI is InChI=1S/C16H18N2O2/c17-14-5-1-2-6-15(14)18-16(20)13-9-7-12(8-10-13)4-3-11-19/h1-2,5-10,19H,3-4,11,17H2,(H,18,20). The molecule has 20 heavy (non-hydrogen) atoms. The van der Waals surface area contributed by atoms with Crippen LogP contribution >= 0.6 is 0 Å². The molecule has 0 atom stereocenters. The Balaban J connectivity index is 2.04. The third-order valence-corrected chi connectivity index (χ3v) is 3.05. The summed E-state index contributed by atoms with van der Waals surface area (Å²) in [5.41, 5.74) is 8.63. The average molecular weight is 270 g/mol. The van der Waals surface area contributed by atoms with Crippen molar-refractivity contribution in [1.82, 2.24) is 0 Å². The zero-order chi connectivity index (χ0) is 14.4. The molecule has 0 spiro atoms. The number of nitrogen functional groups attached to an aromatic ring is 1. The highest BCUT2D eigenvalue weighted by Crippen LogP contribution is 2.18. The molecule has 0 aromatic heterocycles. The number of hydrogen-bond donors (Lipinski definition) is 3. The number of anilines is 2. The Bertz CT molecular complexity index is 579. The van der Waals surface area contributed by atoms with Gasteiger partial charge in [0, 0.05) is 12.2 Å². The summed E-state index contributed by atoms with van der Waals surface area (Å²) in [4.78, 5) is 12.1. The Kier molecular flexibility index (Phi) is 4.74. The van der Waals surface area contributed by atoms with Gasteiger partial charge in [0.15, 0.2) is 0 Å². The van der Waals surface area contributed by atoms with Crippen molar-refractivity contribution in [3.63, 3.8) is 0 Å². The van der Waals surface area contributed by atoms with Gasteiger partial charge in [0.25, 0.3) is 5.91 Å². The van der Waals surface area contributed by atoms with E-state index in [1.807, 2.05) is 24.3 Å². The largest absolute Gasteiger partial charge is 0.397 e. The number of carbonyl (C=O) groups excluding carboxylic acids is 1. The van der Waals surface area contributed by atoms with Gasteiger partial charge in [0.05, 0.1) is 11.4 Å². The lowest BCUT2D eigenvalue weighted by molar-refractivity contribution is 0.102. The van der Waals surface area contributed by atoms with Crippen molar-refractivity contribution in [1.29, 1.82) is 0 Å². The fourth-order valence-corrected chi connectivity index (χ4v) is 1.91. The van der Waals surface area contributed by atoms with E-state index in [4.69, 9.17) is 10.8 Å². The molecule has 0 saturated heterocycles. The number of nitrogens with one attached hydrogen (secondary N) is 1. The van der Waals surface area contributed by atoms with Crippen LogP contribution in [-0.4, -0.2) is 17.6 Å². The number of nitrogens with two attached hydrogens (primary N) is 1. The van der Waals surface area contributed by atoms with Gasteiger partial charge in [-0.1, -0.05) is 24.3 Å². The van der Waals surface area contributed by atoms with Gasteiger partial charge in [-0.2, -0.15) is 0 Å². The molecule has 0 aliphatic rings. The lowest BCUT2D eigenvalue weighted by Crippen LogP contribution is -2.13. The predicted octanol–water partition coefficient (Wildman–Crippen LogP) is 2.45. The highest BCUT2D eigenvalue weighted by Gasteiger charge is 2.07. The maximum atomic E-state index is 12.1. The van der Waals surface area contributed by atoms with Crippen LogP contribution in [-0.2, 0) is 6.42 Å². The van der Waals surface area contributed by atoms with Crippen LogP contribution in [0.3, 0.4) is 0 Å². The van der Waals surface area contributed by atoms with Crippen LogP contribution < -0.4 is 11.1 Å². The summed E-state index contributed by atoms with van der Waals surface area (Å²) in [5, 5.41) is 11.6. The zero-order valence-corrected chi connectivity index (χ0v) is 11.2. The molecule has 0 radical (unpaired) electrons. The second kappa shape index (κ2) is 6.73. The Hall–Kier alpha value is -2.33. The van der Waals surface area contributed by atoms with E-state index in [9.17, 15) is 4.79 Å². The molecule has 0 saturated carbocycles. The molecule has 0 fully saturated rings. The summed E-state index contributed by atoms with van der Waals surface area (Å²) in [6.45, 7) is 0.176. The summed E-state index contributed by atoms with van der Waals surface area (Å²) in [7, 11) is 0. The zero-order valence-electron chi connectivity index (χ0n) is 11.2. The minimum Gasteiger partial charge on any atom is -0.397 e. The number of benzene rings is 2. The van der Waals surface area contributed by atoms with Gasteiger partial charge in [-0.3, -0.25) is 4.79 Å². The van der Waals surface area contributed by atoms with Crippen molar-refractivity contribution in [2.75, 3.05) is 17.7 Å². The first-order chi connectivity index (χ1) is 9.70. The molecule has 104 valence electrons. The Morgan fingerprint density at radius 3 is 2.45 bits per heavy atom. The smallest absolute Gasteiger partial charge is 0.255 e. The first kappa shape index (κ1) is 14.1. The molecule has 2 aromatic rings. The number of para-hydroxylation sites is 2. The highest BCUT2D eigenvalue weighted by atomic mass is 16.2. The van der Waals surface area contributed by atoms with Crippen molar-refractivity contribution in [2.24, 2.45) is 0 Å². The van der Waals surface area contributed by atoms with Crippen molar-refractivity contribution >= 4 is 17.3 Å². The number of aryl methyl sites for hydroxylation is 1. The molecule has 0 aliphatic heterocycles. The van der Waals surface area contributed by atoms with Gasteiger partial charge < -0.3 is 16.2 Å². The minimum absolute atomic E-state index is 0.176. The second-order valence-corrected chi connectivity index (χ2v) is 4.57. The van der Waals surface area contributed by atoms with Crippen LogP contribution in [0.5, 0.6) is 0 Å². The number of hydrogen-bond acceptors (Lipinski definition) is 3. The summed E-state index contributed by atoms with van der Waals surface area (Å²) < 4.78 is 0. The van der Waals surface area contributed by atoms with Crippen molar-refractivity contribution in [3.8, 4) is 0 Å². The van der Waals surface area contributed by atoms with Gasteiger partial charge in [-0.15, -0.1) is 0 Å². The molecular weight excluding hydrogens is 252 g/mol. The molecule has 2 rings (SSSR count). The molecule has 1 amide bonds. The van der Waals surface area contributed by atoms with Crippen LogP contribution in [0.15, 0.2) is 48.5 Å². The van der Waals surface area contributed by atoms with Crippen LogP contribution in [0.1, 0.15) is 22.3 Å². The molecule has 0 heterocycles. The molecule has 4 heteroatoms. The van der Waals surface area contributed by atoms with E-state index in [1.165, 1.54) is 0 Å². The van der Waals surface area contributed by atoms with E-state index in [0.29, 0.717) is 16.9 Å². The lowest BCUT2D eigenvalue weighted by atomic mass is 10.1. The van der Waals surface area contributed by atoms with Gasteiger partial charge in [-0.05, 0) is 42.7 Å². The Labute approximate surface area is 118 Å². The number of aliphatic hydroxyl groups excluding tert-OH is 1. The number of aliphatic hydroxyl groups is 1. The molecule has 4 N–H and O–H groups in total. The van der Waals surface area contributed by atoms with E-state index < -0.39 is 0 Å². The van der Waals surface area contributed by atoms with Crippen molar-refractivity contribution in [2.45, 2.75) is 12.8 Å². The quantitative estimate of drug-likeness (QED) is 0.730. The summed E-state index contributed by atoms with van der Waals surface area (Å²) in [6, 6.07) is 14.5. The van der Waals surface area contributed by atoms with Gasteiger partial charge >= 0.3 is 0 Å². The van der Waals surface area contributed by atoms with Crippen LogP contribution in [0.25, 0.3) is 0 Å². The van der Waals surface area contributed by atoms with Crippen molar-refractivity contribution < 1.29 is 9.90 Å². The van der Waals surface area contributed by atoms with Crippen LogP contribution in [0.2, 0.25) is 0 Å². The maximum Gasteiger partial charge on any atom is 0.255 e. The van der Waals surface area contributed by atoms with Gasteiger partial charge in [0.1, 0.15) is 0 Å². The van der Waals surface area contributed by atoms with Gasteiger partial charge in [0.2, 0.25) is 0 Å². The first-order valence-electron chi connectivity index (χ1n) is 6.56. The maximum absolute atomic E-state index is 12.1. The molecule has 0 bridgehead atoms. The normalized spacial score (nSPS) is 10.2. The number of rotatable bonds is 5. The molecule has 0 unspecified atom stereocenters. The van der Waals surface area contributed by atoms with Gasteiger partial charge in [-0.25, -0.2) is 0 Å². The predicted molar refractivity (Wildman–Crippen MR) is 80.7 cm³/mol. The fourth-order valence-electron chi connectivity index (χ4n) is 1.91. The summed E-state index contributed by atoms with van der Waals surface area (Å²) >= 11 is 0. The van der Waals surface area contributed by atoms with Crippen LogP contribution in [0, 0.1) is 0 Å². The monoisotopic (exact) mass is 270 g/mol. The molecule has 4 nitrogen and oxygen atoms in total. The Morgan fingerprint density at radius 2 is 1.80 bits per heavy atom. The number of carbonyl (C=O) groups is 1. The van der Waals surface area contributed by atoms with E-state index in [1.54, 1.807) is 24.3 Å². The lowest BCUT2D eigenvalue weighted by Gasteiger charge is -2.08. The highest BCUT2D eigenvalue weighted by molar-refractivity contribution is 6.05. The SMILES string of the molecule is Nc1ccccc1NC(=O)c1ccc(CCCO)cc1. The van der Waals surface area contributed by atoms with Crippen molar-refractivity contribution in [3.05, 3.63) is 59.7 Å². The average Bonchev–Trinajstić information content (AvgIpc) is 2.48. The van der Waals surface area contributed by atoms with E-state index in [2.05, 4.69) is 5.32 Å². The van der Waals surface area contributed by atoms with Crippen LogP contribution in [0.4, 0.5) is 11.4 Å². The Morgan fingerprint density at radius 1 is 1.10 bits per heavy atom.